The van der Waals surface area contributed by atoms with E-state index in [1.54, 1.807) is 25.2 Å². The number of ether oxygens (including phenoxy) is 1. The molecule has 6 nitrogen and oxygen atoms in total. The smallest absolute Gasteiger partial charge is 0.342 e. The molecule has 2 atom stereocenters. The molecule has 0 amide bonds. The number of aliphatic hydroxyl groups is 1. The van der Waals surface area contributed by atoms with Gasteiger partial charge in [-0.05, 0) is 37.5 Å². The summed E-state index contributed by atoms with van der Waals surface area (Å²) in [7, 11) is 0. The molecule has 0 saturated carbocycles. The monoisotopic (exact) mass is 332 g/mol. The predicted molar refractivity (Wildman–Crippen MR) is 87.7 cm³/mol. The lowest BCUT2D eigenvalue weighted by atomic mass is 10.0. The molecule has 0 aromatic heterocycles. The summed E-state index contributed by atoms with van der Waals surface area (Å²) in [4.78, 5) is 24.0. The van der Waals surface area contributed by atoms with Gasteiger partial charge < -0.3 is 20.1 Å². The van der Waals surface area contributed by atoms with Gasteiger partial charge in [0.05, 0.1) is 0 Å². The minimum absolute atomic E-state index is 0.0337. The molecule has 0 aliphatic carbocycles. The number of carbonyl (C=O) groups excluding carboxylic acids is 2. The third-order valence-electron chi connectivity index (χ3n) is 3.63. The van der Waals surface area contributed by atoms with Crippen LogP contribution in [0.15, 0.2) is 30.4 Å². The van der Waals surface area contributed by atoms with Gasteiger partial charge in [0, 0.05) is 12.5 Å². The van der Waals surface area contributed by atoms with Crippen LogP contribution in [0.3, 0.4) is 0 Å². The number of carbonyl (C=O) groups is 2. The van der Waals surface area contributed by atoms with E-state index in [-0.39, 0.29) is 23.5 Å². The second-order valence-electron chi connectivity index (χ2n) is 5.68. The zero-order valence-corrected chi connectivity index (χ0v) is 13.3. The molecule has 128 valence electrons. The molecule has 0 fully saturated rings. The molecule has 2 rings (SSSR count). The number of ketones is 1. The number of phenols is 2. The second kappa shape index (κ2) is 7.79. The summed E-state index contributed by atoms with van der Waals surface area (Å²) in [6.07, 6.45) is 5.34. The summed E-state index contributed by atoms with van der Waals surface area (Å²) >= 11 is 0. The molecule has 1 unspecified atom stereocenters. The maximum Gasteiger partial charge on any atom is 0.342 e. The number of cyclic esters (lactones) is 1. The number of hydrogen-bond donors (Lipinski definition) is 3. The molecule has 0 bridgehead atoms. The van der Waals surface area contributed by atoms with E-state index >= 15 is 0 Å². The van der Waals surface area contributed by atoms with Gasteiger partial charge in [-0.2, -0.15) is 0 Å². The first-order chi connectivity index (χ1) is 11.4. The molecule has 24 heavy (non-hydrogen) atoms. The fraction of sp³-hybridized carbons (Fsp3) is 0.333. The molecule has 0 saturated heterocycles. The normalized spacial score (nSPS) is 25.2. The average Bonchev–Trinajstić information content (AvgIpc) is 2.49. The topological polar surface area (TPSA) is 104 Å². The van der Waals surface area contributed by atoms with Crippen molar-refractivity contribution in [3.8, 4) is 11.5 Å². The van der Waals surface area contributed by atoms with E-state index in [4.69, 9.17) is 4.74 Å². The van der Waals surface area contributed by atoms with Gasteiger partial charge in [-0.25, -0.2) is 4.79 Å². The van der Waals surface area contributed by atoms with E-state index < -0.39 is 24.0 Å². The highest BCUT2D eigenvalue weighted by Gasteiger charge is 2.20. The Morgan fingerprint density at radius 2 is 1.88 bits per heavy atom. The van der Waals surface area contributed by atoms with Crippen molar-refractivity contribution in [3.63, 3.8) is 0 Å². The van der Waals surface area contributed by atoms with Crippen molar-refractivity contribution in [1.29, 1.82) is 0 Å². The van der Waals surface area contributed by atoms with Crippen LogP contribution in [0, 0.1) is 0 Å². The maximum atomic E-state index is 12.3. The van der Waals surface area contributed by atoms with Gasteiger partial charge >= 0.3 is 5.97 Å². The van der Waals surface area contributed by atoms with Crippen molar-refractivity contribution in [2.75, 3.05) is 0 Å². The second-order valence-corrected chi connectivity index (χ2v) is 5.68. The molecule has 1 aliphatic rings. The molecule has 1 aromatic rings. The molecular weight excluding hydrogens is 312 g/mol. The number of rotatable bonds is 0. The number of aliphatic hydroxyl groups excluding tert-OH is 1. The van der Waals surface area contributed by atoms with E-state index in [1.807, 2.05) is 0 Å². The highest BCUT2D eigenvalue weighted by Crippen LogP contribution is 2.29. The van der Waals surface area contributed by atoms with E-state index in [1.165, 1.54) is 12.1 Å². The lowest BCUT2D eigenvalue weighted by Gasteiger charge is -2.14. The van der Waals surface area contributed by atoms with Crippen LogP contribution >= 0.6 is 0 Å². The average molecular weight is 332 g/mol. The van der Waals surface area contributed by atoms with Crippen LogP contribution in [0.4, 0.5) is 0 Å². The number of allylic oxidation sites excluding steroid dienone is 1. The van der Waals surface area contributed by atoms with Crippen molar-refractivity contribution < 1.29 is 29.6 Å². The molecule has 1 aliphatic heterocycles. The van der Waals surface area contributed by atoms with Crippen molar-refractivity contribution in [2.45, 2.75) is 38.4 Å². The third kappa shape index (κ3) is 4.45. The Kier molecular flexibility index (Phi) is 5.76. The third-order valence-corrected chi connectivity index (χ3v) is 3.63. The SMILES string of the molecule is CC1C/C=C\C(=O)[C@@H](O)CC/C=C/c2cc(O)cc(O)c2C(=O)O1. The zero-order chi connectivity index (χ0) is 17.7. The molecule has 3 N–H and O–H groups in total. The Morgan fingerprint density at radius 1 is 1.12 bits per heavy atom. The van der Waals surface area contributed by atoms with Gasteiger partial charge in [-0.3, -0.25) is 4.79 Å². The first kappa shape index (κ1) is 17.7. The lowest BCUT2D eigenvalue weighted by molar-refractivity contribution is -0.122. The Morgan fingerprint density at radius 3 is 2.62 bits per heavy atom. The highest BCUT2D eigenvalue weighted by atomic mass is 16.5. The fourth-order valence-electron chi connectivity index (χ4n) is 2.37. The van der Waals surface area contributed by atoms with Crippen LogP contribution in [0.2, 0.25) is 0 Å². The highest BCUT2D eigenvalue weighted by molar-refractivity contribution is 5.97. The summed E-state index contributed by atoms with van der Waals surface area (Å²) < 4.78 is 5.26. The van der Waals surface area contributed by atoms with E-state index in [0.29, 0.717) is 18.4 Å². The number of phenolic OH excluding ortho intramolecular Hbond substituents is 2. The molecule has 0 radical (unpaired) electrons. The largest absolute Gasteiger partial charge is 0.508 e. The van der Waals surface area contributed by atoms with Crippen LogP contribution < -0.4 is 0 Å². The van der Waals surface area contributed by atoms with Crippen LogP contribution in [-0.4, -0.2) is 39.3 Å². The fourth-order valence-corrected chi connectivity index (χ4v) is 2.37. The number of aromatic hydroxyl groups is 2. The van der Waals surface area contributed by atoms with Crippen molar-refractivity contribution >= 4 is 17.8 Å². The molecule has 6 heteroatoms. The van der Waals surface area contributed by atoms with Gasteiger partial charge in [0.15, 0.2) is 5.78 Å². The lowest BCUT2D eigenvalue weighted by Crippen LogP contribution is -2.18. The first-order valence-corrected chi connectivity index (χ1v) is 7.70. The van der Waals surface area contributed by atoms with E-state index in [0.717, 1.165) is 6.07 Å². The number of hydrogen-bond acceptors (Lipinski definition) is 6. The van der Waals surface area contributed by atoms with Crippen LogP contribution in [-0.2, 0) is 9.53 Å². The van der Waals surface area contributed by atoms with Crippen molar-refractivity contribution in [1.82, 2.24) is 0 Å². The summed E-state index contributed by atoms with van der Waals surface area (Å²) in [5.74, 6) is -1.66. The number of fused-ring (bicyclic) bond motifs is 1. The number of esters is 1. The van der Waals surface area contributed by atoms with Gasteiger partial charge in [0.1, 0.15) is 29.3 Å². The molecule has 1 aromatic carbocycles. The van der Waals surface area contributed by atoms with Crippen molar-refractivity contribution in [2.24, 2.45) is 0 Å². The summed E-state index contributed by atoms with van der Waals surface area (Å²) in [5, 5.41) is 29.4. The summed E-state index contributed by atoms with van der Waals surface area (Å²) in [5.41, 5.74) is 0.270. The van der Waals surface area contributed by atoms with Crippen LogP contribution in [0.25, 0.3) is 6.08 Å². The maximum absolute atomic E-state index is 12.3. The minimum Gasteiger partial charge on any atom is -0.508 e. The summed E-state index contributed by atoms with van der Waals surface area (Å²) in [6, 6.07) is 2.41. The van der Waals surface area contributed by atoms with Crippen LogP contribution in [0.1, 0.15) is 42.1 Å². The molecular formula is C18H20O6. The quantitative estimate of drug-likeness (QED) is 0.630. The van der Waals surface area contributed by atoms with Crippen molar-refractivity contribution in [3.05, 3.63) is 41.5 Å². The Labute approximate surface area is 139 Å². The van der Waals surface area contributed by atoms with Gasteiger partial charge in [-0.15, -0.1) is 0 Å². The Hall–Kier alpha value is -2.60. The molecule has 0 spiro atoms. The van der Waals surface area contributed by atoms with Gasteiger partial charge in [0.2, 0.25) is 0 Å². The van der Waals surface area contributed by atoms with Gasteiger partial charge in [0.25, 0.3) is 0 Å². The standard InChI is InChI=1S/C18H20O6/c1-11-5-4-8-15(21)14(20)7-3-2-6-12-9-13(19)10-16(22)17(12)18(23)24-11/h2,4,6,8-11,14,19-20,22H,3,5,7H2,1H3/b6-2+,8-4-/t11?,14-/m0/s1. The van der Waals surface area contributed by atoms with Crippen LogP contribution in [0.5, 0.6) is 11.5 Å². The predicted octanol–water partition coefficient (Wildman–Crippen LogP) is 2.33. The van der Waals surface area contributed by atoms with Gasteiger partial charge in [-0.1, -0.05) is 18.2 Å². The molecule has 1 heterocycles. The number of benzene rings is 1. The van der Waals surface area contributed by atoms with E-state index in [9.17, 15) is 24.9 Å². The zero-order valence-electron chi connectivity index (χ0n) is 13.3. The van der Waals surface area contributed by atoms with E-state index in [2.05, 4.69) is 0 Å². The Balaban J connectivity index is 2.38. The minimum atomic E-state index is -1.09. The first-order valence-electron chi connectivity index (χ1n) is 7.70. The Bertz CT molecular complexity index is 689. The summed E-state index contributed by atoms with van der Waals surface area (Å²) in [6.45, 7) is 1.65.